The zero-order valence-corrected chi connectivity index (χ0v) is 7.88. The number of carboxylic acids is 1. The molecule has 3 nitrogen and oxygen atoms in total. The maximum Gasteiger partial charge on any atom is 0.307 e. The van der Waals surface area contributed by atoms with Crippen molar-refractivity contribution < 1.29 is 14.3 Å². The fourth-order valence-corrected chi connectivity index (χ4v) is 1.34. The molecule has 0 saturated carbocycles. The van der Waals surface area contributed by atoms with Crippen LogP contribution in [0.15, 0.2) is 17.0 Å². The topological polar surface area (TPSA) is 61.1 Å². The molecule has 1 rings (SSSR count). The van der Waals surface area contributed by atoms with E-state index < -0.39 is 18.2 Å². The van der Waals surface area contributed by atoms with Crippen molar-refractivity contribution in [2.45, 2.75) is 11.3 Å². The van der Waals surface area contributed by atoms with Gasteiger partial charge in [-0.3, -0.25) is 4.79 Å². The highest BCUT2D eigenvalue weighted by Gasteiger charge is 2.11. The third kappa shape index (κ3) is 2.24. The number of nitrogens with zero attached hydrogens (tertiary/aromatic N) is 1. The van der Waals surface area contributed by atoms with Crippen LogP contribution in [0.25, 0.3) is 0 Å². The lowest BCUT2D eigenvalue weighted by molar-refractivity contribution is -0.136. The van der Waals surface area contributed by atoms with Gasteiger partial charge in [0.25, 0.3) is 0 Å². The van der Waals surface area contributed by atoms with Gasteiger partial charge in [0.15, 0.2) is 0 Å². The van der Waals surface area contributed by atoms with Crippen LogP contribution in [0.4, 0.5) is 4.39 Å². The van der Waals surface area contributed by atoms with Gasteiger partial charge in [0, 0.05) is 10.5 Å². The molecule has 1 aromatic rings. The minimum Gasteiger partial charge on any atom is -0.481 e. The number of benzene rings is 1. The zero-order chi connectivity index (χ0) is 10.7. The van der Waals surface area contributed by atoms with Crippen LogP contribution >= 0.6 is 12.6 Å². The van der Waals surface area contributed by atoms with Crippen LogP contribution in [-0.2, 0) is 11.2 Å². The van der Waals surface area contributed by atoms with Gasteiger partial charge in [-0.05, 0) is 12.1 Å². The molecule has 0 unspecified atom stereocenters. The molecule has 0 amide bonds. The van der Waals surface area contributed by atoms with Gasteiger partial charge in [-0.1, -0.05) is 0 Å². The Labute approximate surface area is 85.2 Å². The highest BCUT2D eigenvalue weighted by molar-refractivity contribution is 7.80. The van der Waals surface area contributed by atoms with Gasteiger partial charge >= 0.3 is 5.97 Å². The second-order valence-electron chi connectivity index (χ2n) is 2.64. The molecular formula is C9H6FNO2S. The first-order valence-electron chi connectivity index (χ1n) is 3.68. The van der Waals surface area contributed by atoms with E-state index in [1.165, 1.54) is 6.07 Å². The Bertz CT molecular complexity index is 402. The Kier molecular flexibility index (Phi) is 3.10. The zero-order valence-electron chi connectivity index (χ0n) is 6.99. The number of hydrogen-bond donors (Lipinski definition) is 2. The van der Waals surface area contributed by atoms with Gasteiger partial charge in [0.05, 0.1) is 18.1 Å². The van der Waals surface area contributed by atoms with E-state index in [0.717, 1.165) is 6.07 Å². The quantitative estimate of drug-likeness (QED) is 0.730. The van der Waals surface area contributed by atoms with E-state index >= 15 is 0 Å². The smallest absolute Gasteiger partial charge is 0.307 e. The predicted octanol–water partition coefficient (Wildman–Crippen LogP) is 1.61. The largest absolute Gasteiger partial charge is 0.481 e. The molecule has 0 radical (unpaired) electrons. The summed E-state index contributed by atoms with van der Waals surface area (Å²) in [4.78, 5) is 10.5. The molecule has 0 saturated heterocycles. The third-order valence-electron chi connectivity index (χ3n) is 1.63. The molecule has 0 atom stereocenters. The van der Waals surface area contributed by atoms with Gasteiger partial charge in [0.2, 0.25) is 0 Å². The first-order valence-corrected chi connectivity index (χ1v) is 4.12. The summed E-state index contributed by atoms with van der Waals surface area (Å²) in [5.74, 6) is -1.85. The average molecular weight is 211 g/mol. The number of halogens is 1. The van der Waals surface area contributed by atoms with E-state index in [9.17, 15) is 9.18 Å². The van der Waals surface area contributed by atoms with Crippen molar-refractivity contribution in [2.24, 2.45) is 0 Å². The summed E-state index contributed by atoms with van der Waals surface area (Å²) >= 11 is 3.91. The Morgan fingerprint density at radius 1 is 1.64 bits per heavy atom. The van der Waals surface area contributed by atoms with Crippen LogP contribution in [0.1, 0.15) is 11.1 Å². The van der Waals surface area contributed by atoms with Crippen LogP contribution in [0, 0.1) is 17.1 Å². The molecule has 0 spiro atoms. The van der Waals surface area contributed by atoms with Gasteiger partial charge < -0.3 is 5.11 Å². The van der Waals surface area contributed by atoms with Crippen LogP contribution in [0.3, 0.4) is 0 Å². The molecule has 14 heavy (non-hydrogen) atoms. The van der Waals surface area contributed by atoms with Gasteiger partial charge in [-0.25, -0.2) is 4.39 Å². The van der Waals surface area contributed by atoms with E-state index in [4.69, 9.17) is 10.4 Å². The molecule has 0 aromatic heterocycles. The summed E-state index contributed by atoms with van der Waals surface area (Å²) in [5, 5.41) is 17.0. The van der Waals surface area contributed by atoms with Crippen molar-refractivity contribution in [3.8, 4) is 6.07 Å². The van der Waals surface area contributed by atoms with Crippen molar-refractivity contribution in [2.75, 3.05) is 0 Å². The molecule has 0 bridgehead atoms. The number of nitriles is 1. The van der Waals surface area contributed by atoms with E-state index in [1.54, 1.807) is 6.07 Å². The van der Waals surface area contributed by atoms with Crippen LogP contribution < -0.4 is 0 Å². The van der Waals surface area contributed by atoms with Crippen LogP contribution in [0.5, 0.6) is 0 Å². The second kappa shape index (κ2) is 4.11. The first-order chi connectivity index (χ1) is 6.54. The summed E-state index contributed by atoms with van der Waals surface area (Å²) in [6.07, 6.45) is -0.434. The fourth-order valence-electron chi connectivity index (χ4n) is 1.01. The summed E-state index contributed by atoms with van der Waals surface area (Å²) < 4.78 is 13.2. The van der Waals surface area contributed by atoms with Gasteiger partial charge in [-0.2, -0.15) is 5.26 Å². The lowest BCUT2D eigenvalue weighted by atomic mass is 10.1. The third-order valence-corrected chi connectivity index (χ3v) is 2.03. The highest BCUT2D eigenvalue weighted by atomic mass is 32.1. The lowest BCUT2D eigenvalue weighted by Gasteiger charge is -2.03. The summed E-state index contributed by atoms with van der Waals surface area (Å²) in [6.45, 7) is 0. The van der Waals surface area contributed by atoms with Gasteiger partial charge in [0.1, 0.15) is 5.82 Å². The molecule has 1 aromatic carbocycles. The van der Waals surface area contributed by atoms with E-state index in [-0.39, 0.29) is 16.0 Å². The highest BCUT2D eigenvalue weighted by Crippen LogP contribution is 2.20. The minimum atomic E-state index is -1.14. The van der Waals surface area contributed by atoms with Crippen molar-refractivity contribution in [3.63, 3.8) is 0 Å². The summed E-state index contributed by atoms with van der Waals surface area (Å²) in [6, 6.07) is 4.09. The maximum atomic E-state index is 13.2. The predicted molar refractivity (Wildman–Crippen MR) is 49.7 cm³/mol. The normalized spacial score (nSPS) is 9.50. The van der Waals surface area contributed by atoms with E-state index in [2.05, 4.69) is 12.6 Å². The number of thiol groups is 1. The summed E-state index contributed by atoms with van der Waals surface area (Å²) in [5.41, 5.74) is 0.126. The Hall–Kier alpha value is -1.54. The number of carbonyl (C=O) groups is 1. The minimum absolute atomic E-state index is 0.000154. The van der Waals surface area contributed by atoms with Crippen molar-refractivity contribution in [3.05, 3.63) is 29.1 Å². The number of aliphatic carboxylic acids is 1. The van der Waals surface area contributed by atoms with Crippen molar-refractivity contribution in [1.82, 2.24) is 0 Å². The molecule has 0 heterocycles. The Balaban J connectivity index is 3.19. The monoisotopic (exact) mass is 211 g/mol. The molecule has 0 aliphatic carbocycles. The number of rotatable bonds is 2. The second-order valence-corrected chi connectivity index (χ2v) is 3.12. The van der Waals surface area contributed by atoms with Crippen LogP contribution in [-0.4, -0.2) is 11.1 Å². The summed E-state index contributed by atoms with van der Waals surface area (Å²) in [7, 11) is 0. The number of carboxylic acid groups (broad SMARTS) is 1. The Morgan fingerprint density at radius 2 is 2.29 bits per heavy atom. The first kappa shape index (κ1) is 10.5. The van der Waals surface area contributed by atoms with Crippen molar-refractivity contribution in [1.29, 1.82) is 5.26 Å². The molecule has 0 aliphatic rings. The van der Waals surface area contributed by atoms with E-state index in [0.29, 0.717) is 0 Å². The lowest BCUT2D eigenvalue weighted by Crippen LogP contribution is -2.04. The maximum absolute atomic E-state index is 13.2. The molecule has 1 N–H and O–H groups in total. The van der Waals surface area contributed by atoms with Crippen molar-refractivity contribution >= 4 is 18.6 Å². The average Bonchev–Trinajstić information content (AvgIpc) is 2.10. The molecule has 0 aliphatic heterocycles. The van der Waals surface area contributed by atoms with Crippen LogP contribution in [0.2, 0.25) is 0 Å². The van der Waals surface area contributed by atoms with E-state index in [1.807, 2.05) is 0 Å². The molecule has 72 valence electrons. The molecule has 0 fully saturated rings. The van der Waals surface area contributed by atoms with Gasteiger partial charge in [-0.15, -0.1) is 12.6 Å². The number of hydrogen-bond acceptors (Lipinski definition) is 3. The molecule has 5 heteroatoms. The fraction of sp³-hybridized carbons (Fsp3) is 0.111. The standard InChI is InChI=1S/C9H6FNO2S/c10-7-1-5(4-11)2-8(14)6(7)3-9(12)13/h1-2,14H,3H2,(H,12,13). The SMILES string of the molecule is N#Cc1cc(F)c(CC(=O)O)c(S)c1. The molecular weight excluding hydrogens is 205 g/mol. The Morgan fingerprint density at radius 3 is 2.71 bits per heavy atom.